The van der Waals surface area contributed by atoms with Gasteiger partial charge in [-0.2, -0.15) is 5.10 Å². The monoisotopic (exact) mass is 284 g/mol. The van der Waals surface area contributed by atoms with E-state index in [-0.39, 0.29) is 11.8 Å². The summed E-state index contributed by atoms with van der Waals surface area (Å²) in [7, 11) is 0. The summed E-state index contributed by atoms with van der Waals surface area (Å²) in [4.78, 5) is 12.1. The zero-order chi connectivity index (χ0) is 14.7. The van der Waals surface area contributed by atoms with E-state index in [0.717, 1.165) is 18.6 Å². The average Bonchev–Trinajstić information content (AvgIpc) is 3.26. The van der Waals surface area contributed by atoms with Gasteiger partial charge in [0.2, 0.25) is 5.91 Å². The minimum absolute atomic E-state index is 0.144. The first-order chi connectivity index (χ1) is 10.3. The van der Waals surface area contributed by atoms with Crippen LogP contribution in [0, 0.1) is 17.8 Å². The normalized spacial score (nSPS) is 27.9. The van der Waals surface area contributed by atoms with Crippen molar-refractivity contribution in [3.63, 3.8) is 0 Å². The maximum atomic E-state index is 12.1. The molecule has 2 saturated carbocycles. The fourth-order valence-corrected chi connectivity index (χ4v) is 3.63. The molecule has 2 aliphatic carbocycles. The largest absolute Gasteiger partial charge is 0.273 e. The summed E-state index contributed by atoms with van der Waals surface area (Å²) in [6.45, 7) is 1.99. The fraction of sp³-hybridized carbons (Fsp3) is 0.556. The number of nitrogens with zero attached hydrogens (tertiary/aromatic N) is 1. The molecular formula is C18H24N2O. The van der Waals surface area contributed by atoms with E-state index in [9.17, 15) is 4.79 Å². The molecule has 2 atom stereocenters. The molecule has 0 aliphatic heterocycles. The van der Waals surface area contributed by atoms with Crippen LogP contribution in [0.25, 0.3) is 0 Å². The number of carbonyl (C=O) groups is 1. The highest BCUT2D eigenvalue weighted by atomic mass is 16.2. The van der Waals surface area contributed by atoms with Gasteiger partial charge < -0.3 is 0 Å². The minimum atomic E-state index is 0.144. The van der Waals surface area contributed by atoms with E-state index in [1.807, 2.05) is 13.0 Å². The van der Waals surface area contributed by atoms with E-state index < -0.39 is 0 Å². The van der Waals surface area contributed by atoms with Gasteiger partial charge in [0, 0.05) is 11.6 Å². The van der Waals surface area contributed by atoms with Gasteiger partial charge in [0.05, 0.1) is 0 Å². The molecule has 0 bridgehead atoms. The summed E-state index contributed by atoms with van der Waals surface area (Å²) < 4.78 is 0. The van der Waals surface area contributed by atoms with Crippen LogP contribution in [-0.4, -0.2) is 11.6 Å². The Balaban J connectivity index is 1.44. The Morgan fingerprint density at radius 1 is 1.19 bits per heavy atom. The third kappa shape index (κ3) is 3.52. The third-order valence-electron chi connectivity index (χ3n) is 4.93. The molecule has 3 rings (SSSR count). The zero-order valence-corrected chi connectivity index (χ0v) is 12.7. The van der Waals surface area contributed by atoms with Gasteiger partial charge in [0.1, 0.15) is 0 Å². The van der Waals surface area contributed by atoms with Gasteiger partial charge in [-0.05, 0) is 50.0 Å². The van der Waals surface area contributed by atoms with E-state index in [0.29, 0.717) is 11.8 Å². The molecule has 0 heterocycles. The number of benzene rings is 1. The summed E-state index contributed by atoms with van der Waals surface area (Å²) in [5, 5.41) is 4.28. The first-order valence-electron chi connectivity index (χ1n) is 8.12. The van der Waals surface area contributed by atoms with Crippen LogP contribution in [-0.2, 0) is 11.2 Å². The summed E-state index contributed by atoms with van der Waals surface area (Å²) in [6.07, 6.45) is 6.93. The second kappa shape index (κ2) is 6.42. The van der Waals surface area contributed by atoms with Gasteiger partial charge in [-0.3, -0.25) is 4.79 Å². The van der Waals surface area contributed by atoms with Crippen LogP contribution in [0.4, 0.5) is 0 Å². The molecule has 1 amide bonds. The Bertz CT molecular complexity index is 511. The number of amides is 1. The van der Waals surface area contributed by atoms with Crippen LogP contribution >= 0.6 is 0 Å². The highest BCUT2D eigenvalue weighted by Crippen LogP contribution is 2.55. The van der Waals surface area contributed by atoms with E-state index in [1.54, 1.807) is 0 Å². The van der Waals surface area contributed by atoms with Crippen LogP contribution < -0.4 is 5.43 Å². The van der Waals surface area contributed by atoms with Gasteiger partial charge in [-0.25, -0.2) is 5.43 Å². The van der Waals surface area contributed by atoms with Crippen LogP contribution in [0.5, 0.6) is 0 Å². The Morgan fingerprint density at radius 2 is 1.86 bits per heavy atom. The van der Waals surface area contributed by atoms with Crippen molar-refractivity contribution < 1.29 is 4.79 Å². The summed E-state index contributed by atoms with van der Waals surface area (Å²) in [5.41, 5.74) is 5.09. The van der Waals surface area contributed by atoms with Crippen molar-refractivity contribution in [2.75, 3.05) is 0 Å². The first-order valence-corrected chi connectivity index (χ1v) is 8.12. The number of fused-ring (bicyclic) bond motifs is 1. The standard InChI is InChI=1S/C18H24N2O/c1-13(11-12-14-7-3-2-4-8-14)19-20-18(21)17-15-9-5-6-10-16(15)17/h2-4,7-8,15-17H,5-6,9-12H2,1H3,(H,20,21)/t15-,16-/m1/s1. The zero-order valence-electron chi connectivity index (χ0n) is 12.7. The Kier molecular flexibility index (Phi) is 4.37. The molecule has 3 nitrogen and oxygen atoms in total. The van der Waals surface area contributed by atoms with Crippen LogP contribution in [0.2, 0.25) is 0 Å². The lowest BCUT2D eigenvalue weighted by atomic mass is 10.0. The lowest BCUT2D eigenvalue weighted by Crippen LogP contribution is -2.22. The SMILES string of the molecule is CC(CCc1ccccc1)=NNC(=O)C1[C@@H]2CCCC[C@@H]12. The van der Waals surface area contributed by atoms with E-state index in [4.69, 9.17) is 0 Å². The van der Waals surface area contributed by atoms with Gasteiger partial charge in [-0.15, -0.1) is 0 Å². The smallest absolute Gasteiger partial charge is 0.243 e. The van der Waals surface area contributed by atoms with Crippen molar-refractivity contribution in [1.29, 1.82) is 0 Å². The minimum Gasteiger partial charge on any atom is -0.273 e. The Morgan fingerprint density at radius 3 is 2.52 bits per heavy atom. The lowest BCUT2D eigenvalue weighted by molar-refractivity contribution is -0.122. The number of carbonyl (C=O) groups excluding carboxylic acids is 1. The summed E-state index contributed by atoms with van der Waals surface area (Å²) >= 11 is 0. The fourth-order valence-electron chi connectivity index (χ4n) is 3.63. The van der Waals surface area contributed by atoms with Crippen LogP contribution in [0.1, 0.15) is 44.6 Å². The molecule has 112 valence electrons. The number of hydrogen-bond donors (Lipinski definition) is 1. The molecule has 0 radical (unpaired) electrons. The molecule has 0 saturated heterocycles. The van der Waals surface area contributed by atoms with E-state index in [2.05, 4.69) is 34.8 Å². The van der Waals surface area contributed by atoms with E-state index in [1.165, 1.54) is 31.2 Å². The van der Waals surface area contributed by atoms with Gasteiger partial charge in [-0.1, -0.05) is 43.2 Å². The van der Waals surface area contributed by atoms with Crippen molar-refractivity contribution >= 4 is 11.6 Å². The number of aryl methyl sites for hydroxylation is 1. The van der Waals surface area contributed by atoms with Crippen molar-refractivity contribution in [1.82, 2.24) is 5.43 Å². The number of nitrogens with one attached hydrogen (secondary N) is 1. The first kappa shape index (κ1) is 14.3. The molecule has 0 aromatic heterocycles. The van der Waals surface area contributed by atoms with Crippen LogP contribution in [0.3, 0.4) is 0 Å². The lowest BCUT2D eigenvalue weighted by Gasteiger charge is -2.04. The van der Waals surface area contributed by atoms with E-state index >= 15 is 0 Å². The predicted molar refractivity (Wildman–Crippen MR) is 85.0 cm³/mol. The van der Waals surface area contributed by atoms with Crippen molar-refractivity contribution in [2.45, 2.75) is 45.4 Å². The Labute approximate surface area is 126 Å². The molecule has 1 N–H and O–H groups in total. The number of rotatable bonds is 5. The molecule has 1 aromatic carbocycles. The molecule has 3 heteroatoms. The quantitative estimate of drug-likeness (QED) is 0.652. The van der Waals surface area contributed by atoms with Crippen molar-refractivity contribution in [3.8, 4) is 0 Å². The topological polar surface area (TPSA) is 41.5 Å². The molecule has 1 aromatic rings. The molecule has 2 fully saturated rings. The second-order valence-corrected chi connectivity index (χ2v) is 6.45. The maximum Gasteiger partial charge on any atom is 0.243 e. The highest BCUT2D eigenvalue weighted by molar-refractivity contribution is 5.86. The summed E-state index contributed by atoms with van der Waals surface area (Å²) in [6, 6.07) is 10.4. The van der Waals surface area contributed by atoms with Crippen molar-refractivity contribution in [2.24, 2.45) is 22.9 Å². The molecule has 0 spiro atoms. The number of hydrogen-bond acceptors (Lipinski definition) is 2. The molecule has 0 unspecified atom stereocenters. The second-order valence-electron chi connectivity index (χ2n) is 6.45. The molecule has 2 aliphatic rings. The average molecular weight is 284 g/mol. The van der Waals surface area contributed by atoms with Gasteiger partial charge >= 0.3 is 0 Å². The number of hydrazone groups is 1. The Hall–Kier alpha value is -1.64. The third-order valence-corrected chi connectivity index (χ3v) is 4.93. The predicted octanol–water partition coefficient (Wildman–Crippen LogP) is 3.55. The van der Waals surface area contributed by atoms with Gasteiger partial charge in [0.25, 0.3) is 0 Å². The summed E-state index contributed by atoms with van der Waals surface area (Å²) in [5.74, 6) is 1.70. The maximum absolute atomic E-state index is 12.1. The molecule has 21 heavy (non-hydrogen) atoms. The van der Waals surface area contributed by atoms with Crippen molar-refractivity contribution in [3.05, 3.63) is 35.9 Å². The van der Waals surface area contributed by atoms with Gasteiger partial charge in [0.15, 0.2) is 0 Å². The molecular weight excluding hydrogens is 260 g/mol. The van der Waals surface area contributed by atoms with Crippen LogP contribution in [0.15, 0.2) is 35.4 Å². The highest BCUT2D eigenvalue weighted by Gasteiger charge is 2.54.